The maximum atomic E-state index is 12.9. The van der Waals surface area contributed by atoms with Crippen molar-refractivity contribution >= 4 is 70.3 Å². The summed E-state index contributed by atoms with van der Waals surface area (Å²) in [4.78, 5) is 51.3. The maximum Gasteiger partial charge on any atom is 0.330 e. The first kappa shape index (κ1) is 25.0. The summed E-state index contributed by atoms with van der Waals surface area (Å²) in [5.41, 5.74) is 0.469. The number of benzene rings is 1. The molecule has 12 heteroatoms. The Morgan fingerprint density at radius 1 is 1.22 bits per heavy atom. The topological polar surface area (TPSA) is 102 Å². The predicted molar refractivity (Wildman–Crippen MR) is 120 cm³/mol. The monoisotopic (exact) mass is 522 g/mol. The minimum Gasteiger partial charge on any atom is -0.460 e. The van der Waals surface area contributed by atoms with Crippen LogP contribution in [0.5, 0.6) is 0 Å². The van der Waals surface area contributed by atoms with Crippen LogP contribution in [-0.2, 0) is 28.7 Å². The zero-order chi connectivity index (χ0) is 23.8. The zero-order valence-corrected chi connectivity index (χ0v) is 20.4. The zero-order valence-electron chi connectivity index (χ0n) is 17.3. The second-order valence-electron chi connectivity index (χ2n) is 7.87. The van der Waals surface area contributed by atoms with Crippen LogP contribution in [0, 0.1) is 0 Å². The molecule has 174 valence electrons. The van der Waals surface area contributed by atoms with Crippen LogP contribution in [0.15, 0.2) is 30.3 Å². The second kappa shape index (κ2) is 9.29. The highest BCUT2D eigenvalue weighted by Gasteiger charge is 2.64. The molecule has 2 aliphatic heterocycles. The highest BCUT2D eigenvalue weighted by molar-refractivity contribution is 8.01. The molecule has 0 spiro atoms. The number of β-lactam (4-membered cyclic amide) rings is 1. The Bertz CT molecular complexity index is 924. The Kier molecular flexibility index (Phi) is 7.24. The van der Waals surface area contributed by atoms with Gasteiger partial charge in [0.1, 0.15) is 24.1 Å². The third-order valence-electron chi connectivity index (χ3n) is 4.96. The fourth-order valence-corrected chi connectivity index (χ4v) is 5.44. The standard InChI is InChI=1S/C20H21Cl3N2O6S/c1-10(26)31-13(11-7-5-4-6-8-11)15(27)24-12-16(28)25-14(19(2,3)32-17(12)25)18(29)30-9-20(21,22)23/h4-8,12-14,17H,9H2,1-3H3,(H,24,27). The molecule has 1 N–H and O–H groups in total. The summed E-state index contributed by atoms with van der Waals surface area (Å²) in [5, 5.41) is 2.15. The summed E-state index contributed by atoms with van der Waals surface area (Å²) in [5.74, 6) is -2.42. The number of hydrogen-bond donors (Lipinski definition) is 1. The number of alkyl halides is 3. The Hall–Kier alpha value is -1.68. The first-order valence-corrected chi connectivity index (χ1v) is 11.6. The maximum absolute atomic E-state index is 12.9. The third kappa shape index (κ3) is 5.27. The van der Waals surface area contributed by atoms with E-state index in [9.17, 15) is 19.2 Å². The van der Waals surface area contributed by atoms with Gasteiger partial charge in [-0.3, -0.25) is 14.4 Å². The average molecular weight is 524 g/mol. The van der Waals surface area contributed by atoms with Gasteiger partial charge >= 0.3 is 11.9 Å². The number of carbonyl (C=O) groups is 4. The molecule has 32 heavy (non-hydrogen) atoms. The molecular formula is C20H21Cl3N2O6S. The second-order valence-corrected chi connectivity index (χ2v) is 12.2. The van der Waals surface area contributed by atoms with Crippen molar-refractivity contribution in [3.05, 3.63) is 35.9 Å². The van der Waals surface area contributed by atoms with Crippen LogP contribution in [0.2, 0.25) is 0 Å². The summed E-state index contributed by atoms with van der Waals surface area (Å²) in [6, 6.07) is 6.66. The highest BCUT2D eigenvalue weighted by Crippen LogP contribution is 2.51. The van der Waals surface area contributed by atoms with Crippen LogP contribution in [-0.4, -0.2) is 61.3 Å². The Morgan fingerprint density at radius 2 is 1.84 bits per heavy atom. The van der Waals surface area contributed by atoms with E-state index in [1.54, 1.807) is 44.2 Å². The summed E-state index contributed by atoms with van der Waals surface area (Å²) in [6.07, 6.45) is -1.21. The third-order valence-corrected chi connectivity index (χ3v) is 6.86. The molecule has 4 unspecified atom stereocenters. The number of amides is 2. The van der Waals surface area contributed by atoms with E-state index in [1.807, 2.05) is 0 Å². The summed E-state index contributed by atoms with van der Waals surface area (Å²) in [6.45, 7) is 4.31. The van der Waals surface area contributed by atoms with Gasteiger partial charge in [0.2, 0.25) is 15.8 Å². The van der Waals surface area contributed by atoms with Crippen molar-refractivity contribution in [3.8, 4) is 0 Å². The van der Waals surface area contributed by atoms with Crippen LogP contribution < -0.4 is 5.32 Å². The van der Waals surface area contributed by atoms with Crippen molar-refractivity contribution in [1.29, 1.82) is 0 Å². The molecule has 0 saturated carbocycles. The molecule has 2 heterocycles. The van der Waals surface area contributed by atoms with E-state index in [-0.39, 0.29) is 0 Å². The number of halogens is 3. The van der Waals surface area contributed by atoms with E-state index in [0.29, 0.717) is 5.56 Å². The van der Waals surface area contributed by atoms with Gasteiger partial charge in [-0.1, -0.05) is 65.1 Å². The van der Waals surface area contributed by atoms with Crippen molar-refractivity contribution in [2.24, 2.45) is 0 Å². The fraction of sp³-hybridized carbons (Fsp3) is 0.500. The SMILES string of the molecule is CC(=O)OC(C(=O)NC1C(=O)N2C1SC(C)(C)C2C(=O)OCC(Cl)(Cl)Cl)c1ccccc1. The summed E-state index contributed by atoms with van der Waals surface area (Å²) in [7, 11) is 0. The van der Waals surface area contributed by atoms with E-state index in [0.717, 1.165) is 0 Å². The van der Waals surface area contributed by atoms with Crippen LogP contribution >= 0.6 is 46.6 Å². The molecule has 8 nitrogen and oxygen atoms in total. The lowest BCUT2D eigenvalue weighted by Gasteiger charge is -2.44. The lowest BCUT2D eigenvalue weighted by molar-refractivity contribution is -0.165. The van der Waals surface area contributed by atoms with Crippen molar-refractivity contribution in [2.75, 3.05) is 6.61 Å². The molecular weight excluding hydrogens is 503 g/mol. The highest BCUT2D eigenvalue weighted by atomic mass is 35.6. The molecule has 0 aromatic heterocycles. The van der Waals surface area contributed by atoms with Gasteiger partial charge in [0.25, 0.3) is 5.91 Å². The van der Waals surface area contributed by atoms with Gasteiger partial charge < -0.3 is 19.7 Å². The predicted octanol–water partition coefficient (Wildman–Crippen LogP) is 2.75. The molecule has 2 saturated heterocycles. The lowest BCUT2D eigenvalue weighted by atomic mass is 9.95. The van der Waals surface area contributed by atoms with E-state index < -0.39 is 62.5 Å². The van der Waals surface area contributed by atoms with Gasteiger partial charge in [-0.25, -0.2) is 4.79 Å². The molecule has 2 fully saturated rings. The number of carbonyl (C=O) groups excluding carboxylic acids is 4. The first-order valence-electron chi connectivity index (χ1n) is 9.58. The molecule has 3 rings (SSSR count). The van der Waals surface area contributed by atoms with Gasteiger partial charge in [-0.05, 0) is 13.8 Å². The number of nitrogens with one attached hydrogen (secondary N) is 1. The lowest BCUT2D eigenvalue weighted by Crippen LogP contribution is -2.71. The number of rotatable bonds is 6. The minimum absolute atomic E-state index is 0.452. The van der Waals surface area contributed by atoms with Gasteiger partial charge in [0.05, 0.1) is 0 Å². The minimum atomic E-state index is -1.77. The van der Waals surface area contributed by atoms with Crippen LogP contribution in [0.4, 0.5) is 0 Å². The first-order chi connectivity index (χ1) is 14.8. The van der Waals surface area contributed by atoms with E-state index in [2.05, 4.69) is 5.32 Å². The van der Waals surface area contributed by atoms with Gasteiger partial charge in [0, 0.05) is 17.2 Å². The Labute approximate surface area is 204 Å². The molecule has 4 atom stereocenters. The smallest absolute Gasteiger partial charge is 0.330 e. The summed E-state index contributed by atoms with van der Waals surface area (Å²) < 4.78 is 7.80. The van der Waals surface area contributed by atoms with Crippen molar-refractivity contribution in [1.82, 2.24) is 10.2 Å². The van der Waals surface area contributed by atoms with Crippen molar-refractivity contribution in [3.63, 3.8) is 0 Å². The van der Waals surface area contributed by atoms with Crippen LogP contribution in [0.25, 0.3) is 0 Å². The quantitative estimate of drug-likeness (QED) is 0.347. The number of nitrogens with zero attached hydrogens (tertiary/aromatic N) is 1. The summed E-state index contributed by atoms with van der Waals surface area (Å²) >= 11 is 18.3. The number of ether oxygens (including phenoxy) is 2. The number of fused-ring (bicyclic) bond motifs is 1. The average Bonchev–Trinajstić information content (AvgIpc) is 2.96. The van der Waals surface area contributed by atoms with Crippen LogP contribution in [0.3, 0.4) is 0 Å². The molecule has 2 aliphatic rings. The number of thioether (sulfide) groups is 1. The van der Waals surface area contributed by atoms with E-state index in [4.69, 9.17) is 44.3 Å². The molecule has 0 aliphatic carbocycles. The molecule has 1 aromatic carbocycles. The molecule has 0 radical (unpaired) electrons. The van der Waals surface area contributed by atoms with Crippen molar-refractivity contribution < 1.29 is 28.7 Å². The largest absolute Gasteiger partial charge is 0.460 e. The molecule has 1 aromatic rings. The normalized spacial score (nSPS) is 24.8. The van der Waals surface area contributed by atoms with Gasteiger partial charge in [-0.2, -0.15) is 0 Å². The van der Waals surface area contributed by atoms with E-state index >= 15 is 0 Å². The number of hydrogen-bond acceptors (Lipinski definition) is 7. The number of esters is 2. The van der Waals surface area contributed by atoms with Crippen molar-refractivity contribution in [2.45, 2.75) is 52.9 Å². The Morgan fingerprint density at radius 3 is 2.41 bits per heavy atom. The molecule has 0 bridgehead atoms. The Balaban J connectivity index is 1.73. The molecule has 2 amide bonds. The van der Waals surface area contributed by atoms with Gasteiger partial charge in [-0.15, -0.1) is 11.8 Å². The fourth-order valence-electron chi connectivity index (χ4n) is 3.65. The van der Waals surface area contributed by atoms with E-state index in [1.165, 1.54) is 23.6 Å². The van der Waals surface area contributed by atoms with Gasteiger partial charge in [0.15, 0.2) is 0 Å². The van der Waals surface area contributed by atoms with Crippen LogP contribution in [0.1, 0.15) is 32.4 Å².